The van der Waals surface area contributed by atoms with Gasteiger partial charge in [-0.15, -0.1) is 0 Å². The highest BCUT2D eigenvalue weighted by Gasteiger charge is 2.13. The third kappa shape index (κ3) is 3.63. The van der Waals surface area contributed by atoms with Crippen LogP contribution in [-0.4, -0.2) is 39.3 Å². The van der Waals surface area contributed by atoms with E-state index in [1.165, 1.54) is 0 Å². The molecule has 4 nitrogen and oxygen atoms in total. The highest BCUT2D eigenvalue weighted by atomic mass is 35.5. The maximum absolute atomic E-state index is 9.19. The van der Waals surface area contributed by atoms with Crippen LogP contribution in [0, 0.1) is 0 Å². The van der Waals surface area contributed by atoms with Gasteiger partial charge in [-0.1, -0.05) is 11.6 Å². The first-order valence-electron chi connectivity index (χ1n) is 5.15. The van der Waals surface area contributed by atoms with Gasteiger partial charge in [0, 0.05) is 20.1 Å². The summed E-state index contributed by atoms with van der Waals surface area (Å²) in [6.07, 6.45) is 0.452. The van der Waals surface area contributed by atoms with E-state index in [4.69, 9.17) is 23.2 Å². The van der Waals surface area contributed by atoms with Crippen LogP contribution in [-0.2, 0) is 13.6 Å². The van der Waals surface area contributed by atoms with E-state index in [0.717, 1.165) is 18.7 Å². The third-order valence-corrected chi connectivity index (χ3v) is 3.10. The molecule has 92 valence electrons. The summed E-state index contributed by atoms with van der Waals surface area (Å²) in [5.41, 5.74) is 0.889. The number of aliphatic hydroxyl groups excluding tert-OH is 1. The van der Waals surface area contributed by atoms with E-state index in [0.29, 0.717) is 17.0 Å². The van der Waals surface area contributed by atoms with Crippen molar-refractivity contribution in [3.63, 3.8) is 0 Å². The number of hydrogen-bond donors (Lipinski definition) is 1. The Morgan fingerprint density at radius 2 is 2.12 bits per heavy atom. The smallest absolute Gasteiger partial charge is 0.204 e. The minimum absolute atomic E-state index is 0.284. The highest BCUT2D eigenvalue weighted by Crippen LogP contribution is 2.20. The molecular weight excluding hydrogens is 249 g/mol. The molecule has 0 radical (unpaired) electrons. The Balaban J connectivity index is 2.59. The minimum atomic E-state index is -0.284. The lowest BCUT2D eigenvalue weighted by atomic mass is 10.2. The van der Waals surface area contributed by atoms with Gasteiger partial charge >= 0.3 is 0 Å². The number of hydrogen-bond acceptors (Lipinski definition) is 3. The van der Waals surface area contributed by atoms with Gasteiger partial charge in [0.1, 0.15) is 0 Å². The molecule has 0 aliphatic heterocycles. The predicted molar refractivity (Wildman–Crippen MR) is 65.9 cm³/mol. The van der Waals surface area contributed by atoms with Crippen molar-refractivity contribution in [1.29, 1.82) is 0 Å². The number of rotatable bonds is 5. The fourth-order valence-corrected chi connectivity index (χ4v) is 1.88. The van der Waals surface area contributed by atoms with Crippen molar-refractivity contribution < 1.29 is 5.11 Å². The van der Waals surface area contributed by atoms with Gasteiger partial charge in [-0.3, -0.25) is 0 Å². The summed E-state index contributed by atoms with van der Waals surface area (Å²) in [5.74, 6) is 0. The molecule has 0 spiro atoms. The molecule has 1 atom stereocenters. The van der Waals surface area contributed by atoms with Crippen molar-refractivity contribution >= 4 is 23.2 Å². The molecule has 16 heavy (non-hydrogen) atoms. The van der Waals surface area contributed by atoms with Crippen molar-refractivity contribution in [2.75, 3.05) is 13.6 Å². The average molecular weight is 266 g/mol. The van der Waals surface area contributed by atoms with E-state index in [-0.39, 0.29) is 6.10 Å². The van der Waals surface area contributed by atoms with E-state index in [1.807, 2.05) is 14.1 Å². The van der Waals surface area contributed by atoms with Gasteiger partial charge in [-0.25, -0.2) is 4.98 Å². The summed E-state index contributed by atoms with van der Waals surface area (Å²) >= 11 is 11.8. The predicted octanol–water partition coefficient (Wildman–Crippen LogP) is 1.93. The molecule has 0 aliphatic carbocycles. The number of nitrogens with zero attached hydrogens (tertiary/aromatic N) is 3. The second-order valence-corrected chi connectivity index (χ2v) is 4.75. The normalized spacial score (nSPS) is 13.4. The lowest BCUT2D eigenvalue weighted by Crippen LogP contribution is -2.23. The Kier molecular flexibility index (Phi) is 5.05. The molecule has 1 unspecified atom stereocenters. The molecule has 1 aromatic rings. The fourth-order valence-electron chi connectivity index (χ4n) is 1.38. The molecule has 0 bridgehead atoms. The monoisotopic (exact) mass is 265 g/mol. The van der Waals surface area contributed by atoms with Crippen molar-refractivity contribution in [3.05, 3.63) is 16.1 Å². The van der Waals surface area contributed by atoms with Crippen LogP contribution in [0.2, 0.25) is 10.4 Å². The van der Waals surface area contributed by atoms with E-state index in [1.54, 1.807) is 11.5 Å². The Bertz CT molecular complexity index is 352. The lowest BCUT2D eigenvalue weighted by molar-refractivity contribution is 0.162. The number of halogens is 2. The summed E-state index contributed by atoms with van der Waals surface area (Å²) in [5, 5.41) is 10.0. The molecule has 6 heteroatoms. The van der Waals surface area contributed by atoms with Gasteiger partial charge in [-0.2, -0.15) is 0 Å². The van der Waals surface area contributed by atoms with E-state index in [9.17, 15) is 5.11 Å². The molecule has 0 aliphatic rings. The Hall–Kier alpha value is -0.290. The molecular formula is C10H17Cl2N3O. The average Bonchev–Trinajstić information content (AvgIpc) is 2.42. The van der Waals surface area contributed by atoms with E-state index >= 15 is 0 Å². The third-order valence-electron chi connectivity index (χ3n) is 2.46. The largest absolute Gasteiger partial charge is 0.393 e. The van der Waals surface area contributed by atoms with Gasteiger partial charge < -0.3 is 14.6 Å². The van der Waals surface area contributed by atoms with Crippen LogP contribution in [0.5, 0.6) is 0 Å². The van der Waals surface area contributed by atoms with Gasteiger partial charge in [0.2, 0.25) is 5.28 Å². The van der Waals surface area contributed by atoms with Crippen molar-refractivity contribution in [1.82, 2.24) is 14.5 Å². The molecule has 0 aromatic carbocycles. The van der Waals surface area contributed by atoms with Crippen molar-refractivity contribution in [2.24, 2.45) is 7.05 Å². The quantitative estimate of drug-likeness (QED) is 0.885. The number of aliphatic hydroxyl groups is 1. The molecule has 1 aromatic heterocycles. The summed E-state index contributed by atoms with van der Waals surface area (Å²) < 4.78 is 1.77. The highest BCUT2D eigenvalue weighted by molar-refractivity contribution is 6.32. The first kappa shape index (κ1) is 13.8. The molecule has 1 N–H and O–H groups in total. The second-order valence-electron chi connectivity index (χ2n) is 4.05. The summed E-state index contributed by atoms with van der Waals surface area (Å²) in [6, 6.07) is 0. The van der Waals surface area contributed by atoms with Crippen LogP contribution in [0.3, 0.4) is 0 Å². The summed E-state index contributed by atoms with van der Waals surface area (Å²) in [6.45, 7) is 3.25. The molecule has 0 fully saturated rings. The SMILES string of the molecule is CC(O)CCN(C)Cc1c(Cl)nc(Cl)n1C. The van der Waals surface area contributed by atoms with Gasteiger partial charge in [-0.05, 0) is 32.0 Å². The van der Waals surface area contributed by atoms with Crippen LogP contribution in [0.1, 0.15) is 19.0 Å². The topological polar surface area (TPSA) is 41.3 Å². The fraction of sp³-hybridized carbons (Fsp3) is 0.700. The maximum Gasteiger partial charge on any atom is 0.204 e. The van der Waals surface area contributed by atoms with Gasteiger partial charge in [0.25, 0.3) is 0 Å². The van der Waals surface area contributed by atoms with E-state index in [2.05, 4.69) is 9.88 Å². The first-order valence-corrected chi connectivity index (χ1v) is 5.90. The second kappa shape index (κ2) is 5.87. The Morgan fingerprint density at radius 1 is 1.50 bits per heavy atom. The van der Waals surface area contributed by atoms with Gasteiger partial charge in [0.05, 0.1) is 11.8 Å². The van der Waals surface area contributed by atoms with Crippen LogP contribution in [0.15, 0.2) is 0 Å². The van der Waals surface area contributed by atoms with Crippen molar-refractivity contribution in [2.45, 2.75) is 26.0 Å². The zero-order valence-electron chi connectivity index (χ0n) is 9.74. The minimum Gasteiger partial charge on any atom is -0.393 e. The lowest BCUT2D eigenvalue weighted by Gasteiger charge is -2.17. The molecule has 0 amide bonds. The van der Waals surface area contributed by atoms with Crippen LogP contribution < -0.4 is 0 Å². The summed E-state index contributed by atoms with van der Waals surface area (Å²) in [7, 11) is 3.80. The van der Waals surface area contributed by atoms with Gasteiger partial charge in [0.15, 0.2) is 5.15 Å². The molecule has 1 heterocycles. The Morgan fingerprint density at radius 3 is 2.56 bits per heavy atom. The summed E-state index contributed by atoms with van der Waals surface area (Å²) in [4.78, 5) is 6.05. The molecule has 1 rings (SSSR count). The van der Waals surface area contributed by atoms with Crippen LogP contribution >= 0.6 is 23.2 Å². The zero-order chi connectivity index (χ0) is 12.3. The van der Waals surface area contributed by atoms with Crippen LogP contribution in [0.4, 0.5) is 0 Å². The molecule has 0 saturated carbocycles. The molecule has 0 saturated heterocycles. The Labute approximate surface area is 106 Å². The standard InChI is InChI=1S/C10H17Cl2N3O/c1-7(16)4-5-14(2)6-8-9(11)13-10(12)15(8)3/h7,16H,4-6H2,1-3H3. The number of aromatic nitrogens is 2. The number of imidazole rings is 1. The zero-order valence-corrected chi connectivity index (χ0v) is 11.3. The van der Waals surface area contributed by atoms with Crippen LogP contribution in [0.25, 0.3) is 0 Å². The maximum atomic E-state index is 9.19. The first-order chi connectivity index (χ1) is 7.41. The van der Waals surface area contributed by atoms with E-state index < -0.39 is 0 Å². The van der Waals surface area contributed by atoms with Crippen molar-refractivity contribution in [3.8, 4) is 0 Å².